The molecule has 1 fully saturated rings. The first-order chi connectivity index (χ1) is 13.9. The van der Waals surface area contributed by atoms with Gasteiger partial charge >= 0.3 is 6.18 Å². The van der Waals surface area contributed by atoms with Gasteiger partial charge < -0.3 is 4.52 Å². The molecule has 12 heteroatoms. The number of pyridine rings is 2. The zero-order valence-electron chi connectivity index (χ0n) is 15.8. The lowest BCUT2D eigenvalue weighted by Crippen LogP contribution is -2.13. The zero-order chi connectivity index (χ0) is 21.9. The van der Waals surface area contributed by atoms with Crippen molar-refractivity contribution in [3.8, 4) is 11.4 Å². The van der Waals surface area contributed by atoms with Crippen LogP contribution in [-0.4, -0.2) is 28.5 Å². The Morgan fingerprint density at radius 2 is 1.87 bits per heavy atom. The molecule has 2 atom stereocenters. The smallest absolute Gasteiger partial charge is 0.339 e. The van der Waals surface area contributed by atoms with Gasteiger partial charge in [0.05, 0.1) is 11.5 Å². The Hall–Kier alpha value is -2.86. The van der Waals surface area contributed by atoms with E-state index in [0.717, 1.165) is 17.8 Å². The van der Waals surface area contributed by atoms with Gasteiger partial charge in [0.25, 0.3) is 10.0 Å². The number of nitrogens with two attached hydrogens (primary N) is 1. The first-order valence-electron chi connectivity index (χ1n) is 8.74. The van der Waals surface area contributed by atoms with E-state index in [1.165, 1.54) is 18.5 Å². The Morgan fingerprint density at radius 3 is 2.47 bits per heavy atom. The van der Waals surface area contributed by atoms with Gasteiger partial charge in [-0.2, -0.15) is 18.2 Å². The second-order valence-corrected chi connectivity index (χ2v) is 9.18. The summed E-state index contributed by atoms with van der Waals surface area (Å²) in [5, 5.41) is 8.64. The SMILES string of the molecule is CC1(C)[C@H](c2ccc(S(N)(=O)=O)nc2)[C@H]1c1nc(-c2cncc(C(F)(F)F)c2)no1. The second-order valence-electron chi connectivity index (χ2n) is 7.67. The standard InChI is InChI=1S/C18H16F3N5O3S/c1-17(2)13(9-3-4-12(24-7-9)30(22,27)28)14(17)16-25-15(26-29-16)10-5-11(8-23-6-10)18(19,20)21/h3-8,13-14H,1-2H3,(H2,22,27,28)/t13-,14+/m1/s1. The van der Waals surface area contributed by atoms with Gasteiger partial charge in [-0.15, -0.1) is 0 Å². The van der Waals surface area contributed by atoms with Gasteiger partial charge in [0.15, 0.2) is 5.03 Å². The van der Waals surface area contributed by atoms with Crippen LogP contribution in [0.5, 0.6) is 0 Å². The molecule has 1 aliphatic rings. The van der Waals surface area contributed by atoms with E-state index in [2.05, 4.69) is 20.1 Å². The maximum absolute atomic E-state index is 12.9. The normalized spacial score (nSPS) is 20.9. The van der Waals surface area contributed by atoms with Crippen molar-refractivity contribution in [1.82, 2.24) is 20.1 Å². The minimum absolute atomic E-state index is 0.00717. The molecular formula is C18H16F3N5O3S. The highest BCUT2D eigenvalue weighted by Gasteiger charge is 2.62. The summed E-state index contributed by atoms with van der Waals surface area (Å²) in [5.41, 5.74) is -0.357. The van der Waals surface area contributed by atoms with Crippen LogP contribution in [0.3, 0.4) is 0 Å². The Morgan fingerprint density at radius 1 is 1.13 bits per heavy atom. The maximum Gasteiger partial charge on any atom is 0.417 e. The van der Waals surface area contributed by atoms with Crippen LogP contribution in [0.25, 0.3) is 11.4 Å². The summed E-state index contributed by atoms with van der Waals surface area (Å²) < 4.78 is 66.8. The molecule has 0 amide bonds. The summed E-state index contributed by atoms with van der Waals surface area (Å²) >= 11 is 0. The monoisotopic (exact) mass is 439 g/mol. The topological polar surface area (TPSA) is 125 Å². The molecule has 0 bridgehead atoms. The van der Waals surface area contributed by atoms with E-state index < -0.39 is 21.8 Å². The van der Waals surface area contributed by atoms with Crippen molar-refractivity contribution in [3.63, 3.8) is 0 Å². The Bertz CT molecular complexity index is 1210. The molecule has 0 aliphatic heterocycles. The van der Waals surface area contributed by atoms with E-state index in [-0.39, 0.29) is 39.6 Å². The summed E-state index contributed by atoms with van der Waals surface area (Å²) in [6, 6.07) is 3.85. The van der Waals surface area contributed by atoms with E-state index in [1.54, 1.807) is 6.07 Å². The summed E-state index contributed by atoms with van der Waals surface area (Å²) in [6.07, 6.45) is -1.15. The molecule has 1 saturated carbocycles. The number of halogens is 3. The molecule has 0 radical (unpaired) electrons. The first-order valence-corrected chi connectivity index (χ1v) is 10.3. The molecule has 2 N–H and O–H groups in total. The third-order valence-corrected chi connectivity index (χ3v) is 6.09. The van der Waals surface area contributed by atoms with Gasteiger partial charge in [-0.1, -0.05) is 25.1 Å². The van der Waals surface area contributed by atoms with Gasteiger partial charge in [0.1, 0.15) is 0 Å². The number of alkyl halides is 3. The first kappa shape index (κ1) is 20.4. The van der Waals surface area contributed by atoms with Crippen molar-refractivity contribution < 1.29 is 26.1 Å². The van der Waals surface area contributed by atoms with Gasteiger partial charge in [-0.3, -0.25) is 4.98 Å². The lowest BCUT2D eigenvalue weighted by molar-refractivity contribution is -0.137. The third kappa shape index (κ3) is 3.56. The summed E-state index contributed by atoms with van der Waals surface area (Å²) in [4.78, 5) is 11.8. The molecule has 1 aliphatic carbocycles. The maximum atomic E-state index is 12.9. The Kier molecular flexibility index (Phi) is 4.47. The Balaban J connectivity index is 1.61. The number of aromatic nitrogens is 4. The number of primary sulfonamides is 1. The number of nitrogens with zero attached hydrogens (tertiary/aromatic N) is 4. The van der Waals surface area contributed by atoms with Crippen molar-refractivity contribution in [2.45, 2.75) is 36.9 Å². The largest absolute Gasteiger partial charge is 0.417 e. The molecule has 3 aromatic rings. The molecular weight excluding hydrogens is 423 g/mol. The van der Waals surface area contributed by atoms with Crippen LogP contribution < -0.4 is 5.14 Å². The predicted molar refractivity (Wildman–Crippen MR) is 97.4 cm³/mol. The highest BCUT2D eigenvalue weighted by Crippen LogP contribution is 2.69. The quantitative estimate of drug-likeness (QED) is 0.662. The molecule has 0 saturated heterocycles. The van der Waals surface area contributed by atoms with Crippen molar-refractivity contribution >= 4 is 10.0 Å². The fraction of sp³-hybridized carbons (Fsp3) is 0.333. The molecule has 30 heavy (non-hydrogen) atoms. The van der Waals surface area contributed by atoms with Crippen molar-refractivity contribution in [1.29, 1.82) is 0 Å². The van der Waals surface area contributed by atoms with Crippen LogP contribution in [0, 0.1) is 5.41 Å². The van der Waals surface area contributed by atoms with Crippen molar-refractivity contribution in [2.75, 3.05) is 0 Å². The van der Waals surface area contributed by atoms with E-state index in [4.69, 9.17) is 9.66 Å². The summed E-state index contributed by atoms with van der Waals surface area (Å²) in [5.74, 6) is -0.0206. The highest BCUT2D eigenvalue weighted by atomic mass is 32.2. The minimum atomic E-state index is -4.53. The van der Waals surface area contributed by atoms with Crippen LogP contribution >= 0.6 is 0 Å². The summed E-state index contributed by atoms with van der Waals surface area (Å²) in [6.45, 7) is 3.93. The number of sulfonamides is 1. The second kappa shape index (κ2) is 6.57. The molecule has 3 heterocycles. The fourth-order valence-electron chi connectivity index (χ4n) is 3.66. The van der Waals surface area contributed by atoms with Crippen molar-refractivity contribution in [3.05, 3.63) is 53.8 Å². The zero-order valence-corrected chi connectivity index (χ0v) is 16.6. The lowest BCUT2D eigenvalue weighted by Gasteiger charge is -2.05. The van der Waals surface area contributed by atoms with Gasteiger partial charge in [0, 0.05) is 30.1 Å². The van der Waals surface area contributed by atoms with Gasteiger partial charge in [-0.25, -0.2) is 18.5 Å². The third-order valence-electron chi connectivity index (χ3n) is 5.27. The number of hydrogen-bond donors (Lipinski definition) is 1. The summed E-state index contributed by atoms with van der Waals surface area (Å²) in [7, 11) is -3.90. The highest BCUT2D eigenvalue weighted by molar-refractivity contribution is 7.89. The molecule has 158 valence electrons. The van der Waals surface area contributed by atoms with Gasteiger partial charge in [-0.05, 0) is 23.1 Å². The van der Waals surface area contributed by atoms with E-state index in [1.807, 2.05) is 13.8 Å². The molecule has 0 spiro atoms. The average molecular weight is 439 g/mol. The lowest BCUT2D eigenvalue weighted by atomic mass is 10.1. The average Bonchev–Trinajstić information content (AvgIpc) is 3.01. The molecule has 3 aromatic heterocycles. The van der Waals surface area contributed by atoms with Crippen LogP contribution in [0.1, 0.15) is 42.7 Å². The predicted octanol–water partition coefficient (Wildman–Crippen LogP) is 3.10. The van der Waals surface area contributed by atoms with Gasteiger partial charge in [0.2, 0.25) is 11.7 Å². The molecule has 8 nitrogen and oxygen atoms in total. The number of hydrogen-bond acceptors (Lipinski definition) is 7. The fourth-order valence-corrected chi connectivity index (χ4v) is 4.12. The Labute approximate surface area is 169 Å². The van der Waals surface area contributed by atoms with Crippen LogP contribution in [0.4, 0.5) is 13.2 Å². The molecule has 0 aromatic carbocycles. The van der Waals surface area contributed by atoms with Crippen LogP contribution in [0.2, 0.25) is 0 Å². The molecule has 0 unspecified atom stereocenters. The van der Waals surface area contributed by atoms with Crippen LogP contribution in [0.15, 0.2) is 46.3 Å². The minimum Gasteiger partial charge on any atom is -0.339 e. The van der Waals surface area contributed by atoms with E-state index >= 15 is 0 Å². The van der Waals surface area contributed by atoms with E-state index in [9.17, 15) is 21.6 Å². The number of rotatable bonds is 4. The van der Waals surface area contributed by atoms with E-state index in [0.29, 0.717) is 0 Å². The molecule has 4 rings (SSSR count). The van der Waals surface area contributed by atoms with Crippen LogP contribution in [-0.2, 0) is 16.2 Å². The van der Waals surface area contributed by atoms with Crippen molar-refractivity contribution in [2.24, 2.45) is 10.6 Å².